The van der Waals surface area contributed by atoms with Crippen LogP contribution in [-0.2, 0) is 11.2 Å². The van der Waals surface area contributed by atoms with Crippen LogP contribution in [0.5, 0.6) is 5.75 Å². The Labute approximate surface area is 82.2 Å². The van der Waals surface area contributed by atoms with Gasteiger partial charge in [0.2, 0.25) is 0 Å². The predicted octanol–water partition coefficient (Wildman–Crippen LogP) is 2.49. The lowest BCUT2D eigenvalue weighted by Gasteiger charge is -2.04. The zero-order valence-corrected chi connectivity index (χ0v) is 8.35. The molecule has 0 atom stereocenters. The van der Waals surface area contributed by atoms with Crippen LogP contribution in [0.3, 0.4) is 0 Å². The topological polar surface area (TPSA) is 37.3 Å². The number of hydrogen-bond acceptors (Lipinski definition) is 2. The van der Waals surface area contributed by atoms with E-state index >= 15 is 0 Å². The van der Waals surface area contributed by atoms with Gasteiger partial charge in [0.15, 0.2) is 0 Å². The minimum Gasteiger partial charge on any atom is -0.506 e. The van der Waals surface area contributed by atoms with E-state index in [0.717, 1.165) is 5.56 Å². The number of phenolic OH excluding ortho intramolecular Hbond substituents is 1. The molecule has 70 valence electrons. The van der Waals surface area contributed by atoms with Crippen molar-refractivity contribution in [1.82, 2.24) is 0 Å². The Morgan fingerprint density at radius 3 is 2.62 bits per heavy atom. The van der Waals surface area contributed by atoms with Gasteiger partial charge >= 0.3 is 0 Å². The molecule has 0 aliphatic heterocycles. The summed E-state index contributed by atoms with van der Waals surface area (Å²) in [6.07, 6.45) is 0.362. The Bertz CT molecular complexity index is 322. The SMILES string of the molecule is CC(=O)Cc1cc(C)c(O)c(Cl)c1. The van der Waals surface area contributed by atoms with E-state index in [4.69, 9.17) is 11.6 Å². The largest absolute Gasteiger partial charge is 0.506 e. The molecule has 1 rings (SSSR count). The third kappa shape index (κ3) is 2.46. The molecule has 0 bridgehead atoms. The number of hydrogen-bond donors (Lipinski definition) is 1. The zero-order valence-electron chi connectivity index (χ0n) is 7.60. The molecule has 13 heavy (non-hydrogen) atoms. The van der Waals surface area contributed by atoms with Gasteiger partial charge in [0.25, 0.3) is 0 Å². The second kappa shape index (κ2) is 3.79. The fourth-order valence-electron chi connectivity index (χ4n) is 1.20. The number of rotatable bonds is 2. The quantitative estimate of drug-likeness (QED) is 0.793. The second-order valence-corrected chi connectivity index (χ2v) is 3.53. The summed E-state index contributed by atoms with van der Waals surface area (Å²) in [6, 6.07) is 3.38. The van der Waals surface area contributed by atoms with E-state index in [2.05, 4.69) is 0 Å². The summed E-state index contributed by atoms with van der Waals surface area (Å²) in [4.78, 5) is 10.8. The molecule has 0 saturated carbocycles. The van der Waals surface area contributed by atoms with Crippen LogP contribution in [0.25, 0.3) is 0 Å². The van der Waals surface area contributed by atoms with Crippen molar-refractivity contribution in [3.8, 4) is 5.75 Å². The number of phenols is 1. The molecule has 2 nitrogen and oxygen atoms in total. The molecule has 1 N–H and O–H groups in total. The van der Waals surface area contributed by atoms with Crippen molar-refractivity contribution in [2.24, 2.45) is 0 Å². The third-order valence-corrected chi connectivity index (χ3v) is 2.05. The molecule has 0 spiro atoms. The molecule has 0 unspecified atom stereocenters. The number of carbonyl (C=O) groups is 1. The van der Waals surface area contributed by atoms with Crippen molar-refractivity contribution >= 4 is 17.4 Å². The number of halogens is 1. The van der Waals surface area contributed by atoms with Gasteiger partial charge in [-0.1, -0.05) is 17.7 Å². The average molecular weight is 199 g/mol. The lowest BCUT2D eigenvalue weighted by atomic mass is 10.1. The lowest BCUT2D eigenvalue weighted by Crippen LogP contribution is -1.96. The maximum Gasteiger partial charge on any atom is 0.137 e. The van der Waals surface area contributed by atoms with E-state index < -0.39 is 0 Å². The van der Waals surface area contributed by atoms with E-state index in [9.17, 15) is 9.90 Å². The number of carbonyl (C=O) groups excluding carboxylic acids is 1. The van der Waals surface area contributed by atoms with Gasteiger partial charge in [0, 0.05) is 6.42 Å². The van der Waals surface area contributed by atoms with Crippen LogP contribution in [-0.4, -0.2) is 10.9 Å². The molecule has 0 saturated heterocycles. The van der Waals surface area contributed by atoms with Crippen LogP contribution in [0.2, 0.25) is 5.02 Å². The van der Waals surface area contributed by atoms with E-state index in [1.54, 1.807) is 19.1 Å². The van der Waals surface area contributed by atoms with Gasteiger partial charge in [0.1, 0.15) is 11.5 Å². The van der Waals surface area contributed by atoms with Crippen LogP contribution in [0.1, 0.15) is 18.1 Å². The first-order chi connectivity index (χ1) is 6.00. The minimum atomic E-state index is 0.0844. The number of aromatic hydroxyl groups is 1. The maximum absolute atomic E-state index is 10.8. The lowest BCUT2D eigenvalue weighted by molar-refractivity contribution is -0.116. The number of Topliss-reactive ketones (excluding diaryl/α,β-unsaturated/α-hetero) is 1. The van der Waals surface area contributed by atoms with Crippen LogP contribution in [0.15, 0.2) is 12.1 Å². The highest BCUT2D eigenvalue weighted by molar-refractivity contribution is 6.32. The summed E-state index contributed by atoms with van der Waals surface area (Å²) in [5, 5.41) is 9.65. The minimum absolute atomic E-state index is 0.0844. The first-order valence-electron chi connectivity index (χ1n) is 3.98. The van der Waals surface area contributed by atoms with Gasteiger partial charge in [-0.25, -0.2) is 0 Å². The molecule has 3 heteroatoms. The van der Waals surface area contributed by atoms with E-state index in [1.807, 2.05) is 0 Å². The van der Waals surface area contributed by atoms with E-state index in [1.165, 1.54) is 6.92 Å². The summed E-state index contributed by atoms with van der Waals surface area (Å²) < 4.78 is 0. The normalized spacial score (nSPS) is 10.1. The van der Waals surface area contributed by atoms with Gasteiger partial charge in [0.05, 0.1) is 5.02 Å². The van der Waals surface area contributed by atoms with Crippen molar-refractivity contribution < 1.29 is 9.90 Å². The number of benzene rings is 1. The first kappa shape index (κ1) is 10.1. The van der Waals surface area contributed by atoms with Crippen molar-refractivity contribution in [2.45, 2.75) is 20.3 Å². The fraction of sp³-hybridized carbons (Fsp3) is 0.300. The molecule has 0 aliphatic rings. The molecule has 1 aromatic carbocycles. The third-order valence-electron chi connectivity index (χ3n) is 1.77. The van der Waals surface area contributed by atoms with Crippen molar-refractivity contribution in [1.29, 1.82) is 0 Å². The van der Waals surface area contributed by atoms with E-state index in [0.29, 0.717) is 17.0 Å². The fourth-order valence-corrected chi connectivity index (χ4v) is 1.49. The smallest absolute Gasteiger partial charge is 0.137 e. The molecule has 0 fully saturated rings. The number of aryl methyl sites for hydroxylation is 1. The van der Waals surface area contributed by atoms with Crippen LogP contribution in [0, 0.1) is 6.92 Å². The first-order valence-corrected chi connectivity index (χ1v) is 4.36. The molecule has 1 aromatic rings. The van der Waals surface area contributed by atoms with Crippen molar-refractivity contribution in [3.63, 3.8) is 0 Å². The van der Waals surface area contributed by atoms with Crippen LogP contribution in [0.4, 0.5) is 0 Å². The summed E-state index contributed by atoms with van der Waals surface area (Å²) in [7, 11) is 0. The van der Waals surface area contributed by atoms with Gasteiger partial charge in [-0.2, -0.15) is 0 Å². The van der Waals surface area contributed by atoms with Gasteiger partial charge in [-0.15, -0.1) is 0 Å². The van der Waals surface area contributed by atoms with Gasteiger partial charge in [-0.3, -0.25) is 4.79 Å². The Kier molecular flexibility index (Phi) is 2.94. The standard InChI is InChI=1S/C10H11ClO2/c1-6-3-8(4-7(2)12)5-9(11)10(6)13/h3,5,13H,4H2,1-2H3. The summed E-state index contributed by atoms with van der Waals surface area (Å²) in [5.74, 6) is 0.176. The van der Waals surface area contributed by atoms with Crippen LogP contribution < -0.4 is 0 Å². The summed E-state index contributed by atoms with van der Waals surface area (Å²) in [5.41, 5.74) is 1.54. The monoisotopic (exact) mass is 198 g/mol. The molecule has 0 amide bonds. The molecule has 0 heterocycles. The Morgan fingerprint density at radius 1 is 1.54 bits per heavy atom. The van der Waals surface area contributed by atoms with Crippen molar-refractivity contribution in [2.75, 3.05) is 0 Å². The maximum atomic E-state index is 10.8. The second-order valence-electron chi connectivity index (χ2n) is 3.12. The van der Waals surface area contributed by atoms with Gasteiger partial charge in [-0.05, 0) is 31.0 Å². The molecular formula is C10H11ClO2. The molecule has 0 aromatic heterocycles. The Morgan fingerprint density at radius 2 is 2.15 bits per heavy atom. The highest BCUT2D eigenvalue weighted by atomic mass is 35.5. The average Bonchev–Trinajstić information content (AvgIpc) is 1.98. The van der Waals surface area contributed by atoms with E-state index in [-0.39, 0.29) is 11.5 Å². The highest BCUT2D eigenvalue weighted by Crippen LogP contribution is 2.28. The predicted molar refractivity (Wildman–Crippen MR) is 52.2 cm³/mol. The molecule has 0 aliphatic carbocycles. The van der Waals surface area contributed by atoms with Gasteiger partial charge < -0.3 is 5.11 Å². The highest BCUT2D eigenvalue weighted by Gasteiger charge is 2.05. The van der Waals surface area contributed by atoms with Crippen molar-refractivity contribution in [3.05, 3.63) is 28.3 Å². The summed E-state index contributed by atoms with van der Waals surface area (Å²) >= 11 is 5.74. The zero-order chi connectivity index (χ0) is 10.0. The molecule has 0 radical (unpaired) electrons. The number of ketones is 1. The molecular weight excluding hydrogens is 188 g/mol. The van der Waals surface area contributed by atoms with Crippen LogP contribution >= 0.6 is 11.6 Å². The summed E-state index contributed by atoms with van der Waals surface area (Å²) in [6.45, 7) is 3.28. The Hall–Kier alpha value is -1.02. The Balaban J connectivity index is 3.06.